The summed E-state index contributed by atoms with van der Waals surface area (Å²) in [6.07, 6.45) is 3.12. The molecule has 0 aliphatic carbocycles. The highest BCUT2D eigenvalue weighted by molar-refractivity contribution is 5.91. The number of benzene rings is 1. The van der Waals surface area contributed by atoms with E-state index in [0.29, 0.717) is 36.8 Å². The zero-order valence-corrected chi connectivity index (χ0v) is 15.4. The van der Waals surface area contributed by atoms with Gasteiger partial charge in [0.2, 0.25) is 5.75 Å². The SMILES string of the molecule is COc1cc(C=CC(=O)NN2CCOC(C)C2)cc(OC)c1OC(C)=O. The Hall–Kier alpha value is -2.58. The molecule has 1 heterocycles. The fourth-order valence-electron chi connectivity index (χ4n) is 2.53. The number of ether oxygens (including phenoxy) is 4. The molecule has 1 unspecified atom stereocenters. The lowest BCUT2D eigenvalue weighted by Gasteiger charge is -2.30. The number of hydrogen-bond donors (Lipinski definition) is 1. The van der Waals surface area contributed by atoms with Crippen LogP contribution in [0.1, 0.15) is 19.4 Å². The Morgan fingerprint density at radius 1 is 1.27 bits per heavy atom. The van der Waals surface area contributed by atoms with Gasteiger partial charge in [0.05, 0.1) is 26.9 Å². The van der Waals surface area contributed by atoms with Gasteiger partial charge in [-0.2, -0.15) is 0 Å². The third-order valence-corrected chi connectivity index (χ3v) is 3.67. The van der Waals surface area contributed by atoms with Gasteiger partial charge in [-0.3, -0.25) is 15.0 Å². The highest BCUT2D eigenvalue weighted by Crippen LogP contribution is 2.39. The Labute approximate surface area is 152 Å². The molecule has 2 rings (SSSR count). The van der Waals surface area contributed by atoms with Crippen molar-refractivity contribution in [1.82, 2.24) is 10.4 Å². The molecule has 1 saturated heterocycles. The van der Waals surface area contributed by atoms with E-state index in [2.05, 4.69) is 5.43 Å². The average Bonchev–Trinajstić information content (AvgIpc) is 2.60. The van der Waals surface area contributed by atoms with E-state index in [9.17, 15) is 9.59 Å². The number of amides is 1. The zero-order valence-electron chi connectivity index (χ0n) is 15.4. The van der Waals surface area contributed by atoms with E-state index in [0.717, 1.165) is 0 Å². The summed E-state index contributed by atoms with van der Waals surface area (Å²) in [6.45, 7) is 5.11. The van der Waals surface area contributed by atoms with Crippen LogP contribution >= 0.6 is 0 Å². The van der Waals surface area contributed by atoms with Gasteiger partial charge in [0, 0.05) is 26.1 Å². The maximum atomic E-state index is 12.1. The van der Waals surface area contributed by atoms with Gasteiger partial charge < -0.3 is 18.9 Å². The molecule has 142 valence electrons. The maximum absolute atomic E-state index is 12.1. The fraction of sp³-hybridized carbons (Fsp3) is 0.444. The highest BCUT2D eigenvalue weighted by Gasteiger charge is 2.18. The molecule has 0 radical (unpaired) electrons. The van der Waals surface area contributed by atoms with Crippen molar-refractivity contribution in [3.8, 4) is 17.2 Å². The summed E-state index contributed by atoms with van der Waals surface area (Å²) in [5.41, 5.74) is 3.48. The number of hydrazine groups is 1. The van der Waals surface area contributed by atoms with Crippen LogP contribution < -0.4 is 19.6 Å². The monoisotopic (exact) mass is 364 g/mol. The minimum Gasteiger partial charge on any atom is -0.493 e. The number of methoxy groups -OCH3 is 2. The smallest absolute Gasteiger partial charge is 0.308 e. The number of nitrogens with one attached hydrogen (secondary N) is 1. The molecule has 0 bridgehead atoms. The number of morpholine rings is 1. The molecule has 1 fully saturated rings. The first-order valence-electron chi connectivity index (χ1n) is 8.22. The largest absolute Gasteiger partial charge is 0.493 e. The maximum Gasteiger partial charge on any atom is 0.308 e. The van der Waals surface area contributed by atoms with Crippen LogP contribution in [0.2, 0.25) is 0 Å². The summed E-state index contributed by atoms with van der Waals surface area (Å²) in [5, 5.41) is 1.83. The van der Waals surface area contributed by atoms with Gasteiger partial charge in [-0.05, 0) is 30.7 Å². The number of hydrogen-bond acceptors (Lipinski definition) is 7. The van der Waals surface area contributed by atoms with Crippen LogP contribution in [0.4, 0.5) is 0 Å². The van der Waals surface area contributed by atoms with Crippen molar-refractivity contribution >= 4 is 18.0 Å². The summed E-state index contributed by atoms with van der Waals surface area (Å²) in [7, 11) is 2.92. The molecule has 1 aliphatic rings. The Balaban J connectivity index is 2.11. The van der Waals surface area contributed by atoms with E-state index in [4.69, 9.17) is 18.9 Å². The predicted octanol–water partition coefficient (Wildman–Crippen LogP) is 1.39. The van der Waals surface area contributed by atoms with Gasteiger partial charge in [-0.1, -0.05) is 0 Å². The fourth-order valence-corrected chi connectivity index (χ4v) is 2.53. The molecule has 26 heavy (non-hydrogen) atoms. The Morgan fingerprint density at radius 3 is 2.46 bits per heavy atom. The first-order valence-corrected chi connectivity index (χ1v) is 8.22. The number of rotatable bonds is 6. The van der Waals surface area contributed by atoms with Gasteiger partial charge >= 0.3 is 5.97 Å². The second-order valence-corrected chi connectivity index (χ2v) is 5.79. The number of esters is 1. The summed E-state index contributed by atoms with van der Waals surface area (Å²) < 4.78 is 21.1. The molecule has 0 aromatic heterocycles. The average molecular weight is 364 g/mol. The van der Waals surface area contributed by atoms with Crippen molar-refractivity contribution in [3.05, 3.63) is 23.8 Å². The van der Waals surface area contributed by atoms with E-state index in [-0.39, 0.29) is 17.8 Å². The Kier molecular flexibility index (Phi) is 6.99. The van der Waals surface area contributed by atoms with Gasteiger partial charge in [0.1, 0.15) is 0 Å². The van der Waals surface area contributed by atoms with Crippen LogP contribution in [-0.2, 0) is 14.3 Å². The summed E-state index contributed by atoms with van der Waals surface area (Å²) in [6, 6.07) is 3.31. The molecule has 0 saturated carbocycles. The molecule has 1 N–H and O–H groups in total. The topological polar surface area (TPSA) is 86.3 Å². The molecule has 0 spiro atoms. The molecule has 8 nitrogen and oxygen atoms in total. The molecule has 1 amide bonds. The standard InChI is InChI=1S/C18H24N2O6/c1-12-11-20(7-8-25-12)19-17(22)6-5-14-9-15(23-3)18(26-13(2)21)16(10-14)24-4/h5-6,9-10,12H,7-8,11H2,1-4H3,(H,19,22). The Morgan fingerprint density at radius 2 is 1.92 bits per heavy atom. The molecule has 1 aromatic carbocycles. The molecule has 1 atom stereocenters. The van der Waals surface area contributed by atoms with Gasteiger partial charge in [-0.15, -0.1) is 0 Å². The van der Waals surface area contributed by atoms with E-state index in [1.165, 1.54) is 27.2 Å². The van der Waals surface area contributed by atoms with E-state index in [1.807, 2.05) is 11.9 Å². The van der Waals surface area contributed by atoms with Crippen LogP contribution in [-0.4, -0.2) is 56.9 Å². The van der Waals surface area contributed by atoms with Crippen LogP contribution in [0.25, 0.3) is 6.08 Å². The summed E-state index contributed by atoms with van der Waals surface area (Å²) >= 11 is 0. The van der Waals surface area contributed by atoms with Gasteiger partial charge in [0.25, 0.3) is 5.91 Å². The molecule has 8 heteroatoms. The lowest BCUT2D eigenvalue weighted by Crippen LogP contribution is -2.50. The lowest BCUT2D eigenvalue weighted by molar-refractivity contribution is -0.132. The van der Waals surface area contributed by atoms with Crippen molar-refractivity contribution in [2.75, 3.05) is 33.9 Å². The second kappa shape index (κ2) is 9.21. The first-order chi connectivity index (χ1) is 12.4. The number of carbonyl (C=O) groups excluding carboxylic acids is 2. The van der Waals surface area contributed by atoms with Crippen LogP contribution in [0.3, 0.4) is 0 Å². The second-order valence-electron chi connectivity index (χ2n) is 5.79. The van der Waals surface area contributed by atoms with Gasteiger partial charge in [-0.25, -0.2) is 5.01 Å². The summed E-state index contributed by atoms with van der Waals surface area (Å²) in [4.78, 5) is 23.3. The number of carbonyl (C=O) groups is 2. The first kappa shape index (κ1) is 19.7. The van der Waals surface area contributed by atoms with Crippen LogP contribution in [0.5, 0.6) is 17.2 Å². The molecular formula is C18H24N2O6. The van der Waals surface area contributed by atoms with Crippen molar-refractivity contribution in [1.29, 1.82) is 0 Å². The lowest BCUT2D eigenvalue weighted by atomic mass is 10.1. The molecule has 1 aromatic rings. The number of nitrogens with zero attached hydrogens (tertiary/aromatic N) is 1. The van der Waals surface area contributed by atoms with Crippen molar-refractivity contribution < 1.29 is 28.5 Å². The van der Waals surface area contributed by atoms with E-state index in [1.54, 1.807) is 18.2 Å². The van der Waals surface area contributed by atoms with E-state index < -0.39 is 5.97 Å². The van der Waals surface area contributed by atoms with Crippen LogP contribution in [0.15, 0.2) is 18.2 Å². The predicted molar refractivity (Wildman–Crippen MR) is 95.0 cm³/mol. The third-order valence-electron chi connectivity index (χ3n) is 3.67. The minimum atomic E-state index is -0.482. The molecule has 1 aliphatic heterocycles. The Bertz CT molecular complexity index is 663. The van der Waals surface area contributed by atoms with Gasteiger partial charge in [0.15, 0.2) is 11.5 Å². The van der Waals surface area contributed by atoms with Crippen molar-refractivity contribution in [2.24, 2.45) is 0 Å². The normalized spacial score (nSPS) is 17.8. The van der Waals surface area contributed by atoms with Crippen LogP contribution in [0, 0.1) is 0 Å². The van der Waals surface area contributed by atoms with Crippen molar-refractivity contribution in [2.45, 2.75) is 20.0 Å². The summed E-state index contributed by atoms with van der Waals surface area (Å²) in [5.74, 6) is 0.139. The highest BCUT2D eigenvalue weighted by atomic mass is 16.6. The minimum absolute atomic E-state index is 0.0790. The quantitative estimate of drug-likeness (QED) is 0.464. The molecular weight excluding hydrogens is 340 g/mol. The third kappa shape index (κ3) is 5.47. The van der Waals surface area contributed by atoms with E-state index >= 15 is 0 Å². The van der Waals surface area contributed by atoms with Crippen molar-refractivity contribution in [3.63, 3.8) is 0 Å². The zero-order chi connectivity index (χ0) is 19.1.